The van der Waals surface area contributed by atoms with Crippen LogP contribution in [0.1, 0.15) is 39.5 Å². The number of hydrogen-bond acceptors (Lipinski definition) is 4. The summed E-state index contributed by atoms with van der Waals surface area (Å²) >= 11 is 6.03. The Labute approximate surface area is 173 Å². The molecule has 1 aromatic carbocycles. The normalized spacial score (nSPS) is 24.5. The van der Waals surface area contributed by atoms with Gasteiger partial charge in [0, 0.05) is 44.2 Å². The van der Waals surface area contributed by atoms with Gasteiger partial charge in [-0.2, -0.15) is 0 Å². The minimum absolute atomic E-state index is 0.00617. The summed E-state index contributed by atoms with van der Waals surface area (Å²) in [5.41, 5.74) is 0. The summed E-state index contributed by atoms with van der Waals surface area (Å²) in [7, 11) is -3.65. The molecule has 156 valence electrons. The van der Waals surface area contributed by atoms with Gasteiger partial charge in [-0.1, -0.05) is 23.7 Å². The summed E-state index contributed by atoms with van der Waals surface area (Å²) in [6, 6.07) is 6.82. The minimum Gasteiger partial charge on any atom is -0.340 e. The molecule has 1 N–H and O–H groups in total. The summed E-state index contributed by atoms with van der Waals surface area (Å²) in [6.45, 7) is 7.80. The Morgan fingerprint density at radius 3 is 2.25 bits per heavy atom. The van der Waals surface area contributed by atoms with Crippen LogP contribution in [0.25, 0.3) is 0 Å². The molecule has 2 fully saturated rings. The fraction of sp³-hybridized carbons (Fsp3) is 0.650. The second-order valence-electron chi connectivity index (χ2n) is 8.06. The summed E-state index contributed by atoms with van der Waals surface area (Å²) < 4.78 is 28.0. The van der Waals surface area contributed by atoms with Crippen LogP contribution >= 0.6 is 11.6 Å². The zero-order chi connectivity index (χ0) is 20.3. The topological polar surface area (TPSA) is 69.7 Å². The van der Waals surface area contributed by atoms with E-state index < -0.39 is 10.0 Å². The van der Waals surface area contributed by atoms with Crippen molar-refractivity contribution >= 4 is 27.5 Å². The lowest BCUT2D eigenvalue weighted by Crippen LogP contribution is -2.52. The lowest BCUT2D eigenvalue weighted by Gasteiger charge is -2.39. The number of hydrogen-bond donors (Lipinski definition) is 1. The monoisotopic (exact) mass is 427 g/mol. The van der Waals surface area contributed by atoms with E-state index in [4.69, 9.17) is 11.6 Å². The molecule has 0 bridgehead atoms. The standard InChI is InChI=1S/C20H30ClN3O3S/c1-15(2)23-11-13-24(14-12-23)20(25)16-7-9-17(10-8-16)22-28(26,27)19-6-4-3-5-18(19)21/h3-6,15-17,22H,7-14H2,1-2H3. The van der Waals surface area contributed by atoms with Gasteiger partial charge in [-0.25, -0.2) is 13.1 Å². The molecule has 2 aliphatic rings. The van der Waals surface area contributed by atoms with Crippen LogP contribution in [0, 0.1) is 5.92 Å². The van der Waals surface area contributed by atoms with Gasteiger partial charge in [-0.15, -0.1) is 0 Å². The number of halogens is 1. The van der Waals surface area contributed by atoms with Crippen molar-refractivity contribution in [3.05, 3.63) is 29.3 Å². The van der Waals surface area contributed by atoms with Gasteiger partial charge in [0.25, 0.3) is 0 Å². The van der Waals surface area contributed by atoms with E-state index in [-0.39, 0.29) is 27.8 Å². The first-order chi connectivity index (χ1) is 13.3. The van der Waals surface area contributed by atoms with Crippen molar-refractivity contribution < 1.29 is 13.2 Å². The first kappa shape index (κ1) is 21.6. The first-order valence-corrected chi connectivity index (χ1v) is 11.9. The summed E-state index contributed by atoms with van der Waals surface area (Å²) in [6.07, 6.45) is 2.79. The average molecular weight is 428 g/mol. The van der Waals surface area contributed by atoms with E-state index in [1.54, 1.807) is 18.2 Å². The molecule has 1 saturated heterocycles. The Morgan fingerprint density at radius 1 is 1.07 bits per heavy atom. The molecule has 1 amide bonds. The number of benzene rings is 1. The van der Waals surface area contributed by atoms with Crippen molar-refractivity contribution in [3.63, 3.8) is 0 Å². The molecule has 1 heterocycles. The largest absolute Gasteiger partial charge is 0.340 e. The van der Waals surface area contributed by atoms with E-state index >= 15 is 0 Å². The summed E-state index contributed by atoms with van der Waals surface area (Å²) in [5, 5.41) is 0.222. The molecular weight excluding hydrogens is 398 g/mol. The molecule has 6 nitrogen and oxygen atoms in total. The van der Waals surface area contributed by atoms with Gasteiger partial charge in [0.1, 0.15) is 4.90 Å². The van der Waals surface area contributed by atoms with E-state index in [9.17, 15) is 13.2 Å². The van der Waals surface area contributed by atoms with Crippen LogP contribution in [0.5, 0.6) is 0 Å². The lowest BCUT2D eigenvalue weighted by atomic mass is 9.85. The summed E-state index contributed by atoms with van der Waals surface area (Å²) in [5.74, 6) is 0.238. The van der Waals surface area contributed by atoms with Crippen LogP contribution in [0.4, 0.5) is 0 Å². The van der Waals surface area contributed by atoms with Crippen LogP contribution in [-0.4, -0.2) is 62.4 Å². The number of sulfonamides is 1. The molecule has 28 heavy (non-hydrogen) atoms. The number of piperazine rings is 1. The fourth-order valence-corrected chi connectivity index (χ4v) is 5.95. The van der Waals surface area contributed by atoms with Gasteiger partial charge in [-0.3, -0.25) is 9.69 Å². The second kappa shape index (κ2) is 9.11. The number of nitrogens with one attached hydrogen (secondary N) is 1. The summed E-state index contributed by atoms with van der Waals surface area (Å²) in [4.78, 5) is 17.3. The van der Waals surface area contributed by atoms with Crippen LogP contribution < -0.4 is 4.72 Å². The van der Waals surface area contributed by atoms with Gasteiger partial charge in [0.15, 0.2) is 0 Å². The van der Waals surface area contributed by atoms with Gasteiger partial charge in [0.2, 0.25) is 15.9 Å². The van der Waals surface area contributed by atoms with E-state index in [0.29, 0.717) is 18.9 Å². The Bertz CT molecular complexity index is 784. The Kier molecular flexibility index (Phi) is 7.02. The third kappa shape index (κ3) is 5.06. The molecule has 1 aliphatic carbocycles. The molecule has 8 heteroatoms. The highest BCUT2D eigenvalue weighted by molar-refractivity contribution is 7.89. The Balaban J connectivity index is 1.51. The van der Waals surface area contributed by atoms with Crippen molar-refractivity contribution in [1.82, 2.24) is 14.5 Å². The van der Waals surface area contributed by atoms with Crippen molar-refractivity contribution in [3.8, 4) is 0 Å². The van der Waals surface area contributed by atoms with Crippen LogP contribution in [0.2, 0.25) is 5.02 Å². The lowest BCUT2D eigenvalue weighted by molar-refractivity contribution is -0.138. The van der Waals surface area contributed by atoms with Crippen LogP contribution in [0.3, 0.4) is 0 Å². The minimum atomic E-state index is -3.65. The highest BCUT2D eigenvalue weighted by atomic mass is 35.5. The third-order valence-electron chi connectivity index (χ3n) is 5.88. The smallest absolute Gasteiger partial charge is 0.242 e. The van der Waals surface area contributed by atoms with Crippen LogP contribution in [-0.2, 0) is 14.8 Å². The number of carbonyl (C=O) groups excluding carboxylic acids is 1. The van der Waals surface area contributed by atoms with E-state index in [0.717, 1.165) is 39.0 Å². The maximum absolute atomic E-state index is 12.8. The third-order valence-corrected chi connectivity index (χ3v) is 7.90. The SMILES string of the molecule is CC(C)N1CCN(C(=O)C2CCC(NS(=O)(=O)c3ccccc3Cl)CC2)CC1. The van der Waals surface area contributed by atoms with E-state index in [2.05, 4.69) is 23.5 Å². The van der Waals surface area contributed by atoms with Gasteiger partial charge >= 0.3 is 0 Å². The van der Waals surface area contributed by atoms with Gasteiger partial charge in [-0.05, 0) is 51.7 Å². The number of nitrogens with zero attached hydrogens (tertiary/aromatic N) is 2. The first-order valence-electron chi connectivity index (χ1n) is 10.1. The molecule has 1 aromatic rings. The van der Waals surface area contributed by atoms with Crippen molar-refractivity contribution in [2.45, 2.75) is 56.5 Å². The maximum Gasteiger partial charge on any atom is 0.242 e. The molecule has 0 aromatic heterocycles. The van der Waals surface area contributed by atoms with Crippen molar-refractivity contribution in [1.29, 1.82) is 0 Å². The second-order valence-corrected chi connectivity index (χ2v) is 10.1. The van der Waals surface area contributed by atoms with E-state index in [1.807, 2.05) is 4.90 Å². The molecule has 3 rings (SSSR count). The molecule has 0 unspecified atom stereocenters. The fourth-order valence-electron chi connectivity index (χ4n) is 4.12. The molecule has 1 saturated carbocycles. The average Bonchev–Trinajstić information content (AvgIpc) is 2.68. The van der Waals surface area contributed by atoms with Gasteiger partial charge < -0.3 is 4.90 Å². The molecule has 0 atom stereocenters. The number of amides is 1. The predicted molar refractivity (Wildman–Crippen MR) is 111 cm³/mol. The highest BCUT2D eigenvalue weighted by Crippen LogP contribution is 2.28. The zero-order valence-corrected chi connectivity index (χ0v) is 18.2. The predicted octanol–water partition coefficient (Wildman–Crippen LogP) is 2.73. The molecular formula is C20H30ClN3O3S. The molecule has 0 spiro atoms. The van der Waals surface area contributed by atoms with E-state index in [1.165, 1.54) is 6.07 Å². The van der Waals surface area contributed by atoms with Crippen LogP contribution in [0.15, 0.2) is 29.2 Å². The highest BCUT2D eigenvalue weighted by Gasteiger charge is 2.33. The number of carbonyl (C=O) groups is 1. The Hall–Kier alpha value is -1.15. The molecule has 1 aliphatic heterocycles. The Morgan fingerprint density at radius 2 is 1.68 bits per heavy atom. The molecule has 0 radical (unpaired) electrons. The van der Waals surface area contributed by atoms with Gasteiger partial charge in [0.05, 0.1) is 5.02 Å². The van der Waals surface area contributed by atoms with Crippen molar-refractivity contribution in [2.24, 2.45) is 5.92 Å². The number of rotatable bonds is 5. The maximum atomic E-state index is 12.8. The quantitative estimate of drug-likeness (QED) is 0.784. The zero-order valence-electron chi connectivity index (χ0n) is 16.6. The van der Waals surface area contributed by atoms with Crippen molar-refractivity contribution in [2.75, 3.05) is 26.2 Å².